The lowest BCUT2D eigenvalue weighted by atomic mass is 10.1. The van der Waals surface area contributed by atoms with E-state index in [0.29, 0.717) is 5.56 Å². The van der Waals surface area contributed by atoms with E-state index in [2.05, 4.69) is 10.1 Å². The van der Waals surface area contributed by atoms with Crippen molar-refractivity contribution in [1.29, 1.82) is 0 Å². The Morgan fingerprint density at radius 2 is 1.67 bits per heavy atom. The number of carbonyl (C=O) groups is 4. The predicted octanol–water partition coefficient (Wildman–Crippen LogP) is -1.04. The molecule has 1 aromatic carbocycles. The molecule has 10 nitrogen and oxygen atoms in total. The van der Waals surface area contributed by atoms with Gasteiger partial charge in [0, 0.05) is 6.42 Å². The number of benzene rings is 1. The minimum Gasteiger partial charge on any atom is -0.466 e. The Morgan fingerprint density at radius 1 is 1.04 bits per heavy atom. The zero-order valence-corrected chi connectivity index (χ0v) is 14.0. The average molecular weight is 385 g/mol. The Kier molecular flexibility index (Phi) is 11.0. The van der Waals surface area contributed by atoms with E-state index in [0.717, 1.165) is 7.11 Å². The molecule has 0 radical (unpaired) electrons. The van der Waals surface area contributed by atoms with Crippen molar-refractivity contribution < 1.29 is 43.6 Å². The highest BCUT2D eigenvalue weighted by Crippen LogP contribution is 2.14. The van der Waals surface area contributed by atoms with Gasteiger partial charge in [-0.05, 0) is 17.7 Å². The van der Waals surface area contributed by atoms with Crippen molar-refractivity contribution in [2.45, 2.75) is 19.9 Å². The Morgan fingerprint density at radius 3 is 2.19 bits per heavy atom. The molecule has 1 aromatic rings. The standard InChI is InChI=1S/C16H19NO9.CH4/c1-24-15(22)9-25-16(23)12(17-13(20)7-18)6-10-2-4-11(5-3-10)26-14(21)8-19;/h2-5,12,18-19H,6-9H2,1H3,(H,17,20);1H4. The van der Waals surface area contributed by atoms with Crippen molar-refractivity contribution in [3.05, 3.63) is 29.8 Å². The van der Waals surface area contributed by atoms with Gasteiger partial charge in [0.05, 0.1) is 7.11 Å². The van der Waals surface area contributed by atoms with E-state index in [1.54, 1.807) is 0 Å². The monoisotopic (exact) mass is 385 g/mol. The van der Waals surface area contributed by atoms with Gasteiger partial charge in [-0.2, -0.15) is 0 Å². The van der Waals surface area contributed by atoms with E-state index >= 15 is 0 Å². The van der Waals surface area contributed by atoms with Crippen LogP contribution in [-0.2, 0) is 35.1 Å². The largest absolute Gasteiger partial charge is 0.466 e. The van der Waals surface area contributed by atoms with Crippen molar-refractivity contribution in [2.75, 3.05) is 26.9 Å². The summed E-state index contributed by atoms with van der Waals surface area (Å²) >= 11 is 0. The van der Waals surface area contributed by atoms with Crippen LogP contribution in [0.5, 0.6) is 5.75 Å². The summed E-state index contributed by atoms with van der Waals surface area (Å²) in [5, 5.41) is 19.7. The molecule has 150 valence electrons. The highest BCUT2D eigenvalue weighted by atomic mass is 16.6. The lowest BCUT2D eigenvalue weighted by Crippen LogP contribution is -2.45. The molecule has 0 saturated carbocycles. The zero-order chi connectivity index (χ0) is 19.5. The fourth-order valence-corrected chi connectivity index (χ4v) is 1.82. The molecule has 1 atom stereocenters. The van der Waals surface area contributed by atoms with Gasteiger partial charge in [0.2, 0.25) is 5.91 Å². The summed E-state index contributed by atoms with van der Waals surface area (Å²) in [4.78, 5) is 45.5. The third kappa shape index (κ3) is 8.79. The summed E-state index contributed by atoms with van der Waals surface area (Å²) in [5.41, 5.74) is 0.576. The lowest BCUT2D eigenvalue weighted by molar-refractivity contribution is -0.158. The highest BCUT2D eigenvalue weighted by molar-refractivity contribution is 5.86. The topological polar surface area (TPSA) is 148 Å². The first-order valence-corrected chi connectivity index (χ1v) is 7.43. The smallest absolute Gasteiger partial charge is 0.344 e. The molecule has 0 aromatic heterocycles. The number of hydrogen-bond donors (Lipinski definition) is 3. The number of aliphatic hydroxyl groups is 2. The van der Waals surface area contributed by atoms with Gasteiger partial charge in [-0.1, -0.05) is 19.6 Å². The molecule has 1 amide bonds. The van der Waals surface area contributed by atoms with Gasteiger partial charge in [-0.15, -0.1) is 0 Å². The van der Waals surface area contributed by atoms with Crippen molar-refractivity contribution in [1.82, 2.24) is 5.32 Å². The first-order valence-electron chi connectivity index (χ1n) is 7.43. The summed E-state index contributed by atoms with van der Waals surface area (Å²) in [6, 6.07) is 4.79. The van der Waals surface area contributed by atoms with Gasteiger partial charge in [0.1, 0.15) is 25.0 Å². The Bertz CT molecular complexity index is 642. The van der Waals surface area contributed by atoms with Crippen molar-refractivity contribution >= 4 is 23.8 Å². The Balaban J connectivity index is 0.00000676. The van der Waals surface area contributed by atoms with Gasteiger partial charge in [0.15, 0.2) is 6.61 Å². The number of esters is 3. The number of rotatable bonds is 9. The molecule has 1 rings (SSSR count). The molecule has 0 aliphatic carbocycles. The number of nitrogens with one attached hydrogen (secondary N) is 1. The van der Waals surface area contributed by atoms with Crippen molar-refractivity contribution in [2.24, 2.45) is 0 Å². The Labute approximate surface area is 156 Å². The summed E-state index contributed by atoms with van der Waals surface area (Å²) in [5.74, 6) is -3.07. The van der Waals surface area contributed by atoms with Crippen LogP contribution >= 0.6 is 0 Å². The van der Waals surface area contributed by atoms with Crippen LogP contribution in [0.15, 0.2) is 24.3 Å². The van der Waals surface area contributed by atoms with Crippen molar-refractivity contribution in [3.63, 3.8) is 0 Å². The van der Waals surface area contributed by atoms with Gasteiger partial charge >= 0.3 is 17.9 Å². The van der Waals surface area contributed by atoms with E-state index in [9.17, 15) is 19.2 Å². The molecule has 10 heteroatoms. The molecular weight excluding hydrogens is 362 g/mol. The molecule has 0 saturated heterocycles. The zero-order valence-electron chi connectivity index (χ0n) is 14.0. The number of amides is 1. The summed E-state index contributed by atoms with van der Waals surface area (Å²) < 4.78 is 13.9. The lowest BCUT2D eigenvalue weighted by Gasteiger charge is -2.17. The van der Waals surface area contributed by atoms with Gasteiger partial charge in [-0.3, -0.25) is 4.79 Å². The van der Waals surface area contributed by atoms with Crippen LogP contribution in [0.3, 0.4) is 0 Å². The number of hydrogen-bond acceptors (Lipinski definition) is 9. The summed E-state index contributed by atoms with van der Waals surface area (Å²) in [6.45, 7) is -2.20. The maximum Gasteiger partial charge on any atom is 0.344 e. The maximum atomic E-state index is 12.0. The number of aliphatic hydroxyl groups excluding tert-OH is 2. The van der Waals surface area contributed by atoms with Crippen LogP contribution in [0.4, 0.5) is 0 Å². The van der Waals surface area contributed by atoms with Crippen molar-refractivity contribution in [3.8, 4) is 5.75 Å². The first kappa shape index (κ1) is 24.0. The quantitative estimate of drug-likeness (QED) is 0.358. The molecule has 3 N–H and O–H groups in total. The second kappa shape index (κ2) is 12.4. The van der Waals surface area contributed by atoms with Crippen LogP contribution in [-0.4, -0.2) is 67.0 Å². The van der Waals surface area contributed by atoms with E-state index in [1.807, 2.05) is 0 Å². The van der Waals surface area contributed by atoms with E-state index in [1.165, 1.54) is 24.3 Å². The van der Waals surface area contributed by atoms with Crippen LogP contribution in [0.25, 0.3) is 0 Å². The SMILES string of the molecule is C.COC(=O)COC(=O)C(Cc1ccc(OC(=O)CO)cc1)NC(=O)CO. The summed E-state index contributed by atoms with van der Waals surface area (Å²) in [7, 11) is 1.13. The summed E-state index contributed by atoms with van der Waals surface area (Å²) in [6.07, 6.45) is -0.0000274. The molecule has 0 fully saturated rings. The average Bonchev–Trinajstić information content (AvgIpc) is 2.66. The Hall–Kier alpha value is -2.98. The predicted molar refractivity (Wildman–Crippen MR) is 91.6 cm³/mol. The molecule has 1 unspecified atom stereocenters. The second-order valence-corrected chi connectivity index (χ2v) is 4.94. The second-order valence-electron chi connectivity index (χ2n) is 4.94. The molecule has 0 aliphatic heterocycles. The molecule has 27 heavy (non-hydrogen) atoms. The molecule has 0 aliphatic rings. The van der Waals surface area contributed by atoms with E-state index < -0.39 is 49.7 Å². The fourth-order valence-electron chi connectivity index (χ4n) is 1.82. The number of ether oxygens (including phenoxy) is 3. The third-order valence-electron chi connectivity index (χ3n) is 3.05. The maximum absolute atomic E-state index is 12.0. The van der Waals surface area contributed by atoms with Gasteiger partial charge < -0.3 is 29.7 Å². The number of methoxy groups -OCH3 is 1. The van der Waals surface area contributed by atoms with Crippen LogP contribution in [0.2, 0.25) is 0 Å². The number of carbonyl (C=O) groups excluding carboxylic acids is 4. The van der Waals surface area contributed by atoms with Crippen LogP contribution in [0.1, 0.15) is 13.0 Å². The van der Waals surface area contributed by atoms with E-state index in [-0.39, 0.29) is 19.6 Å². The fraction of sp³-hybridized carbons (Fsp3) is 0.412. The molecule has 0 heterocycles. The minimum absolute atomic E-state index is 0. The third-order valence-corrected chi connectivity index (χ3v) is 3.05. The first-order chi connectivity index (χ1) is 12.4. The minimum atomic E-state index is -1.15. The molecule has 0 bridgehead atoms. The molecular formula is C17H23NO9. The van der Waals surface area contributed by atoms with Crippen LogP contribution in [0, 0.1) is 0 Å². The normalized spacial score (nSPS) is 10.8. The van der Waals surface area contributed by atoms with Gasteiger partial charge in [-0.25, -0.2) is 14.4 Å². The van der Waals surface area contributed by atoms with Gasteiger partial charge in [0.25, 0.3) is 0 Å². The molecule has 0 spiro atoms. The van der Waals surface area contributed by atoms with E-state index in [4.69, 9.17) is 19.7 Å². The van der Waals surface area contributed by atoms with Crippen LogP contribution < -0.4 is 10.1 Å². The highest BCUT2D eigenvalue weighted by Gasteiger charge is 2.23.